The van der Waals surface area contributed by atoms with E-state index in [1.165, 1.54) is 12.1 Å². The van der Waals surface area contributed by atoms with Crippen molar-refractivity contribution < 1.29 is 14.3 Å². The van der Waals surface area contributed by atoms with Crippen LogP contribution in [0.1, 0.15) is 38.2 Å². The molecule has 0 atom stereocenters. The van der Waals surface area contributed by atoms with E-state index < -0.39 is 5.60 Å². The maximum absolute atomic E-state index is 12.8. The fraction of sp³-hybridized carbons (Fsp3) is 0.438. The summed E-state index contributed by atoms with van der Waals surface area (Å²) in [5, 5.41) is 12.9. The first-order valence-corrected chi connectivity index (χ1v) is 6.93. The van der Waals surface area contributed by atoms with Crippen LogP contribution in [0.2, 0.25) is 0 Å². The molecule has 0 heterocycles. The molecule has 1 aliphatic carbocycles. The Bertz CT molecular complexity index is 502. The Labute approximate surface area is 118 Å². The van der Waals surface area contributed by atoms with Gasteiger partial charge in [-0.1, -0.05) is 25.0 Å². The topological polar surface area (TPSA) is 49.3 Å². The summed E-state index contributed by atoms with van der Waals surface area (Å²) in [4.78, 5) is 11.9. The second-order valence-electron chi connectivity index (χ2n) is 5.49. The van der Waals surface area contributed by atoms with Gasteiger partial charge in [0, 0.05) is 12.1 Å². The number of amides is 1. The maximum atomic E-state index is 12.8. The summed E-state index contributed by atoms with van der Waals surface area (Å²) in [6.45, 7) is 2.00. The summed E-state index contributed by atoms with van der Waals surface area (Å²) in [5.74, 6) is -0.498. The minimum Gasteiger partial charge on any atom is -0.388 e. The fourth-order valence-electron chi connectivity index (χ4n) is 2.47. The Morgan fingerprint density at radius 1 is 1.35 bits per heavy atom. The quantitative estimate of drug-likeness (QED) is 0.831. The molecule has 0 aromatic heterocycles. The van der Waals surface area contributed by atoms with Gasteiger partial charge >= 0.3 is 0 Å². The monoisotopic (exact) mass is 277 g/mol. The van der Waals surface area contributed by atoms with Crippen molar-refractivity contribution in [2.45, 2.75) is 38.2 Å². The number of halogens is 1. The molecule has 1 amide bonds. The largest absolute Gasteiger partial charge is 0.388 e. The highest BCUT2D eigenvalue weighted by Crippen LogP contribution is 2.28. The van der Waals surface area contributed by atoms with Gasteiger partial charge in [-0.25, -0.2) is 4.39 Å². The molecule has 0 aliphatic heterocycles. The Morgan fingerprint density at radius 2 is 1.95 bits per heavy atom. The zero-order valence-electron chi connectivity index (χ0n) is 11.7. The zero-order chi connectivity index (χ0) is 14.6. The second kappa shape index (κ2) is 6.18. The SMILES string of the molecule is C/C(=C/c1ccc(F)cc1)C(=O)NCC1(O)CCCC1. The Kier molecular flexibility index (Phi) is 4.55. The van der Waals surface area contributed by atoms with E-state index in [2.05, 4.69) is 5.32 Å². The number of carbonyl (C=O) groups excluding carboxylic acids is 1. The van der Waals surface area contributed by atoms with Crippen molar-refractivity contribution in [3.8, 4) is 0 Å². The van der Waals surface area contributed by atoms with E-state index >= 15 is 0 Å². The van der Waals surface area contributed by atoms with E-state index in [0.29, 0.717) is 12.1 Å². The molecule has 1 aromatic carbocycles. The molecular weight excluding hydrogens is 257 g/mol. The Hall–Kier alpha value is -1.68. The van der Waals surface area contributed by atoms with Crippen LogP contribution < -0.4 is 5.32 Å². The summed E-state index contributed by atoms with van der Waals surface area (Å²) in [5.41, 5.74) is 0.572. The van der Waals surface area contributed by atoms with E-state index in [-0.39, 0.29) is 11.7 Å². The molecule has 0 unspecified atom stereocenters. The lowest BCUT2D eigenvalue weighted by Crippen LogP contribution is -2.41. The molecule has 4 heteroatoms. The van der Waals surface area contributed by atoms with Crippen molar-refractivity contribution in [1.82, 2.24) is 5.32 Å². The number of hydrogen-bond donors (Lipinski definition) is 2. The van der Waals surface area contributed by atoms with Crippen molar-refractivity contribution in [3.63, 3.8) is 0 Å². The molecule has 1 fully saturated rings. The Morgan fingerprint density at radius 3 is 2.55 bits per heavy atom. The maximum Gasteiger partial charge on any atom is 0.247 e. The van der Waals surface area contributed by atoms with Gasteiger partial charge in [0.2, 0.25) is 5.91 Å². The molecule has 1 aromatic rings. The van der Waals surface area contributed by atoms with Crippen LogP contribution in [0.25, 0.3) is 6.08 Å². The van der Waals surface area contributed by atoms with Crippen LogP contribution in [-0.2, 0) is 4.79 Å². The predicted octanol–water partition coefficient (Wildman–Crippen LogP) is 2.65. The van der Waals surface area contributed by atoms with Gasteiger partial charge in [-0.05, 0) is 43.5 Å². The van der Waals surface area contributed by atoms with Gasteiger partial charge in [0.25, 0.3) is 0 Å². The van der Waals surface area contributed by atoms with Crippen molar-refractivity contribution in [1.29, 1.82) is 0 Å². The summed E-state index contributed by atoms with van der Waals surface area (Å²) in [6.07, 6.45) is 5.21. The third-order valence-corrected chi connectivity index (χ3v) is 3.72. The van der Waals surface area contributed by atoms with Gasteiger partial charge in [0.15, 0.2) is 0 Å². The molecule has 0 spiro atoms. The lowest BCUT2D eigenvalue weighted by atomic mass is 10.0. The molecule has 3 nitrogen and oxygen atoms in total. The standard InChI is InChI=1S/C16H20FNO2/c1-12(10-13-4-6-14(17)7-5-13)15(19)18-11-16(20)8-2-3-9-16/h4-7,10,20H,2-3,8-9,11H2,1H3,(H,18,19)/b12-10-. The van der Waals surface area contributed by atoms with Crippen LogP contribution >= 0.6 is 0 Å². The normalized spacial score (nSPS) is 18.1. The molecule has 108 valence electrons. The van der Waals surface area contributed by atoms with E-state index in [4.69, 9.17) is 0 Å². The van der Waals surface area contributed by atoms with Crippen LogP contribution in [0.15, 0.2) is 29.8 Å². The first kappa shape index (κ1) is 14.7. The number of benzene rings is 1. The van der Waals surface area contributed by atoms with Gasteiger partial charge in [-0.3, -0.25) is 4.79 Å². The van der Waals surface area contributed by atoms with Crippen molar-refractivity contribution in [2.24, 2.45) is 0 Å². The third-order valence-electron chi connectivity index (χ3n) is 3.72. The highest BCUT2D eigenvalue weighted by molar-refractivity contribution is 5.97. The van der Waals surface area contributed by atoms with Crippen LogP contribution in [0, 0.1) is 5.82 Å². The average molecular weight is 277 g/mol. The van der Waals surface area contributed by atoms with Crippen LogP contribution in [0.5, 0.6) is 0 Å². The summed E-state index contributed by atoms with van der Waals surface area (Å²) < 4.78 is 12.8. The molecule has 1 saturated carbocycles. The molecule has 0 saturated heterocycles. The van der Waals surface area contributed by atoms with E-state index in [1.807, 2.05) is 0 Å². The van der Waals surface area contributed by atoms with Crippen molar-refractivity contribution >= 4 is 12.0 Å². The first-order chi connectivity index (χ1) is 9.48. The van der Waals surface area contributed by atoms with Gasteiger partial charge in [0.1, 0.15) is 5.82 Å². The average Bonchev–Trinajstić information content (AvgIpc) is 2.86. The number of rotatable bonds is 4. The van der Waals surface area contributed by atoms with Gasteiger partial charge in [0.05, 0.1) is 5.60 Å². The highest BCUT2D eigenvalue weighted by atomic mass is 19.1. The van der Waals surface area contributed by atoms with E-state index in [0.717, 1.165) is 31.2 Å². The first-order valence-electron chi connectivity index (χ1n) is 6.93. The number of nitrogens with one attached hydrogen (secondary N) is 1. The van der Waals surface area contributed by atoms with Crippen molar-refractivity contribution in [3.05, 3.63) is 41.2 Å². The minimum atomic E-state index is -0.744. The highest BCUT2D eigenvalue weighted by Gasteiger charge is 2.31. The van der Waals surface area contributed by atoms with Gasteiger partial charge in [-0.2, -0.15) is 0 Å². The summed E-state index contributed by atoms with van der Waals surface area (Å²) in [6, 6.07) is 5.96. The van der Waals surface area contributed by atoms with Crippen LogP contribution in [0.4, 0.5) is 4.39 Å². The molecule has 2 rings (SSSR count). The van der Waals surface area contributed by atoms with Crippen molar-refractivity contribution in [2.75, 3.05) is 6.54 Å². The number of aliphatic hydroxyl groups is 1. The summed E-state index contributed by atoms with van der Waals surface area (Å²) in [7, 11) is 0. The fourth-order valence-corrected chi connectivity index (χ4v) is 2.47. The zero-order valence-corrected chi connectivity index (χ0v) is 11.7. The molecular formula is C16H20FNO2. The molecule has 20 heavy (non-hydrogen) atoms. The Balaban J connectivity index is 1.92. The van der Waals surface area contributed by atoms with E-state index in [9.17, 15) is 14.3 Å². The van der Waals surface area contributed by atoms with Gasteiger partial charge in [-0.15, -0.1) is 0 Å². The van der Waals surface area contributed by atoms with Crippen LogP contribution in [-0.4, -0.2) is 23.2 Å². The number of carbonyl (C=O) groups is 1. The van der Waals surface area contributed by atoms with Crippen LogP contribution in [0.3, 0.4) is 0 Å². The summed E-state index contributed by atoms with van der Waals surface area (Å²) >= 11 is 0. The lowest BCUT2D eigenvalue weighted by molar-refractivity contribution is -0.118. The molecule has 1 aliphatic rings. The molecule has 0 radical (unpaired) electrons. The molecule has 2 N–H and O–H groups in total. The smallest absolute Gasteiger partial charge is 0.247 e. The van der Waals surface area contributed by atoms with Gasteiger partial charge < -0.3 is 10.4 Å². The predicted molar refractivity (Wildman–Crippen MR) is 76.5 cm³/mol. The number of hydrogen-bond acceptors (Lipinski definition) is 2. The second-order valence-corrected chi connectivity index (χ2v) is 5.49. The minimum absolute atomic E-state index is 0.199. The molecule has 0 bridgehead atoms. The van der Waals surface area contributed by atoms with E-state index in [1.54, 1.807) is 25.1 Å². The lowest BCUT2D eigenvalue weighted by Gasteiger charge is -2.22. The third kappa shape index (κ3) is 3.90.